The number of aliphatic hydroxyl groups excluding tert-OH is 2. The monoisotopic (exact) mass is 867 g/mol. The zero-order valence-corrected chi connectivity index (χ0v) is 35.1. The van der Waals surface area contributed by atoms with Gasteiger partial charge in [0.15, 0.2) is 11.5 Å². The zero-order valence-electron chi connectivity index (χ0n) is 34.3. The van der Waals surface area contributed by atoms with Gasteiger partial charge in [0.1, 0.15) is 30.1 Å². The molecule has 326 valence electrons. The predicted octanol–water partition coefficient (Wildman–Crippen LogP) is 3.78. The summed E-state index contributed by atoms with van der Waals surface area (Å²) in [6.45, 7) is 6.21. The molecule has 3 amide bonds. The molecule has 4 saturated heterocycles. The number of halogens is 2. The van der Waals surface area contributed by atoms with E-state index >= 15 is 4.39 Å². The molecular formula is C45H51ClFN9O6. The lowest BCUT2D eigenvalue weighted by Gasteiger charge is -2.36. The van der Waals surface area contributed by atoms with Crippen molar-refractivity contribution < 1.29 is 33.7 Å². The first kappa shape index (κ1) is 41.1. The van der Waals surface area contributed by atoms with E-state index in [0.717, 1.165) is 69.1 Å². The van der Waals surface area contributed by atoms with E-state index in [2.05, 4.69) is 36.7 Å². The number of hydrogen-bond donors (Lipinski definition) is 4. The maximum Gasteiger partial charge on any atom is 0.272 e. The number of rotatable bonds is 9. The Bertz CT molecular complexity index is 2260. The molecule has 6 fully saturated rings. The van der Waals surface area contributed by atoms with Gasteiger partial charge in [-0.15, -0.1) is 10.2 Å². The molecule has 17 heteroatoms. The summed E-state index contributed by atoms with van der Waals surface area (Å²) in [6, 6.07) is 12.7. The van der Waals surface area contributed by atoms with Crippen molar-refractivity contribution in [2.45, 2.75) is 82.0 Å². The van der Waals surface area contributed by atoms with Crippen LogP contribution in [0.1, 0.15) is 88.1 Å². The number of anilines is 2. The molecular weight excluding hydrogens is 817 g/mol. The maximum atomic E-state index is 15.6. The number of ether oxygens (including phenoxy) is 1. The molecule has 8 atom stereocenters. The van der Waals surface area contributed by atoms with Crippen LogP contribution in [0.2, 0.25) is 5.02 Å². The van der Waals surface area contributed by atoms with E-state index in [0.29, 0.717) is 70.4 Å². The normalized spacial score (nSPS) is 31.9. The van der Waals surface area contributed by atoms with Crippen LogP contribution in [0.15, 0.2) is 42.5 Å². The smallest absolute Gasteiger partial charge is 0.272 e. The van der Waals surface area contributed by atoms with Gasteiger partial charge in [0.05, 0.1) is 39.5 Å². The Balaban J connectivity index is 0.661. The third kappa shape index (κ3) is 7.87. The molecule has 6 heterocycles. The Labute approximate surface area is 364 Å². The third-order valence-corrected chi connectivity index (χ3v) is 14.9. The zero-order chi connectivity index (χ0) is 42.8. The number of likely N-dealkylation sites (tertiary alicyclic amines) is 1. The van der Waals surface area contributed by atoms with Gasteiger partial charge in [-0.05, 0) is 117 Å². The van der Waals surface area contributed by atoms with E-state index in [4.69, 9.17) is 21.6 Å². The van der Waals surface area contributed by atoms with Crippen LogP contribution >= 0.6 is 11.6 Å². The molecule has 5 aliphatic heterocycles. The van der Waals surface area contributed by atoms with Crippen molar-refractivity contribution in [3.63, 3.8) is 0 Å². The number of aliphatic hydroxyl groups is 2. The van der Waals surface area contributed by atoms with Crippen LogP contribution in [0.5, 0.6) is 5.75 Å². The summed E-state index contributed by atoms with van der Waals surface area (Å²) in [4.78, 5) is 47.7. The second-order valence-electron chi connectivity index (χ2n) is 18.6. The van der Waals surface area contributed by atoms with Crippen LogP contribution in [0, 0.1) is 46.7 Å². The average molecular weight is 868 g/mol. The SMILES string of the molecule is N#Cc1ccc(OC2CCC(NC(=O)c3ccc(N4C[C@H]5CC(CN6CC7CN(c8cc9c(cc8F)C(=O)N(C8CCC(O)NC8O)C9=O)CC7C6)C[C@H]5C4)nn3)CC2)cc1Cl. The summed E-state index contributed by atoms with van der Waals surface area (Å²) < 4.78 is 21.7. The molecule has 10 rings (SSSR count). The van der Waals surface area contributed by atoms with E-state index in [-0.39, 0.29) is 42.0 Å². The number of carbonyl (C=O) groups excluding carboxylic acids is 3. The van der Waals surface area contributed by atoms with Gasteiger partial charge in [0.25, 0.3) is 17.7 Å². The van der Waals surface area contributed by atoms with Crippen molar-refractivity contribution in [1.82, 2.24) is 30.6 Å². The minimum Gasteiger partial charge on any atom is -0.490 e. The van der Waals surface area contributed by atoms with Gasteiger partial charge in [0, 0.05) is 57.9 Å². The maximum absolute atomic E-state index is 15.6. The van der Waals surface area contributed by atoms with E-state index in [1.165, 1.54) is 25.0 Å². The highest BCUT2D eigenvalue weighted by Gasteiger charge is 2.48. The fraction of sp³-hybridized carbons (Fsp3) is 0.556. The Morgan fingerprint density at radius 3 is 2.21 bits per heavy atom. The Hall–Kier alpha value is -4.92. The molecule has 3 aromatic rings. The van der Waals surface area contributed by atoms with Crippen molar-refractivity contribution in [3.8, 4) is 11.8 Å². The number of hydrogen-bond acceptors (Lipinski definition) is 13. The molecule has 0 bridgehead atoms. The van der Waals surface area contributed by atoms with Gasteiger partial charge in [-0.3, -0.25) is 24.6 Å². The number of aromatic nitrogens is 2. The highest BCUT2D eigenvalue weighted by molar-refractivity contribution is 6.31. The van der Waals surface area contributed by atoms with Crippen molar-refractivity contribution in [3.05, 3.63) is 75.7 Å². The second-order valence-corrected chi connectivity index (χ2v) is 19.0. The second kappa shape index (κ2) is 16.7. The van der Waals surface area contributed by atoms with Gasteiger partial charge in [0.2, 0.25) is 0 Å². The number of fused-ring (bicyclic) bond motifs is 3. The number of imide groups is 1. The number of nitrogens with zero attached hydrogens (tertiary/aromatic N) is 7. The fourth-order valence-electron chi connectivity index (χ4n) is 11.6. The van der Waals surface area contributed by atoms with Crippen LogP contribution in [0.3, 0.4) is 0 Å². The average Bonchev–Trinajstić information content (AvgIpc) is 4.06. The number of piperidine rings is 1. The quantitative estimate of drug-likeness (QED) is 0.228. The minimum atomic E-state index is -1.26. The number of carbonyl (C=O) groups is 3. The molecule has 2 aliphatic carbocycles. The van der Waals surface area contributed by atoms with Crippen LogP contribution < -0.4 is 25.2 Å². The highest BCUT2D eigenvalue weighted by atomic mass is 35.5. The van der Waals surface area contributed by atoms with Gasteiger partial charge >= 0.3 is 0 Å². The largest absolute Gasteiger partial charge is 0.490 e. The first-order chi connectivity index (χ1) is 30.0. The van der Waals surface area contributed by atoms with Crippen LogP contribution in [0.25, 0.3) is 0 Å². The molecule has 2 saturated carbocycles. The van der Waals surface area contributed by atoms with E-state index in [1.54, 1.807) is 24.3 Å². The van der Waals surface area contributed by atoms with Crippen molar-refractivity contribution in [2.75, 3.05) is 55.6 Å². The van der Waals surface area contributed by atoms with Gasteiger partial charge in [-0.25, -0.2) is 4.39 Å². The van der Waals surface area contributed by atoms with Crippen LogP contribution in [-0.4, -0.2) is 124 Å². The van der Waals surface area contributed by atoms with Crippen molar-refractivity contribution >= 4 is 40.8 Å². The van der Waals surface area contributed by atoms with Crippen LogP contribution in [-0.2, 0) is 0 Å². The summed E-state index contributed by atoms with van der Waals surface area (Å²) in [5, 5.41) is 44.3. The van der Waals surface area contributed by atoms with Gasteiger partial charge in [-0.1, -0.05) is 11.6 Å². The lowest BCUT2D eigenvalue weighted by atomic mass is 9.93. The topological polar surface area (TPSA) is 187 Å². The molecule has 0 radical (unpaired) electrons. The summed E-state index contributed by atoms with van der Waals surface area (Å²) in [6.07, 6.45) is 3.85. The lowest BCUT2D eigenvalue weighted by Crippen LogP contribution is -2.58. The molecule has 0 spiro atoms. The van der Waals surface area contributed by atoms with Gasteiger partial charge in [-0.2, -0.15) is 5.26 Å². The number of benzene rings is 2. The number of amides is 3. The third-order valence-electron chi connectivity index (χ3n) is 14.6. The highest BCUT2D eigenvalue weighted by Crippen LogP contribution is 2.44. The molecule has 15 nitrogen and oxygen atoms in total. The molecule has 7 aliphatic rings. The standard InChI is InChI=1S/C45H51ClFN9O6/c46-35-13-32(4-1-25(35)16-48)62-31-5-2-30(3-6-31)49-42(58)37-7-9-40(52-51-37)55-20-26-11-24(12-27(26)21-55)17-53-18-28-22-54(23-29(28)19-53)39-15-34-33(14-36(39)47)44(60)56(45(34)61)38-8-10-41(57)50-43(38)59/h1,4,7,9,13-15,24,26-31,38,41,43,50,57,59H,2-3,5-6,8,10-12,17-23H2,(H,49,58)/t24?,26-,27+,28?,29?,30?,31?,38?,41?,43?. The van der Waals surface area contributed by atoms with E-state index in [1.807, 2.05) is 11.0 Å². The summed E-state index contributed by atoms with van der Waals surface area (Å²) in [5.74, 6) is 2.13. The minimum absolute atomic E-state index is 0.0158. The molecule has 4 N–H and O–H groups in total. The Morgan fingerprint density at radius 2 is 1.56 bits per heavy atom. The van der Waals surface area contributed by atoms with Gasteiger partial charge < -0.3 is 35.0 Å². The lowest BCUT2D eigenvalue weighted by molar-refractivity contribution is -0.0413. The molecule has 2 aromatic carbocycles. The van der Waals surface area contributed by atoms with E-state index in [9.17, 15) is 24.6 Å². The van der Waals surface area contributed by atoms with Crippen LogP contribution in [0.4, 0.5) is 15.9 Å². The number of nitriles is 1. The Morgan fingerprint density at radius 1 is 0.871 bits per heavy atom. The van der Waals surface area contributed by atoms with E-state index < -0.39 is 36.1 Å². The number of nitrogens with one attached hydrogen (secondary N) is 2. The molecule has 1 aromatic heterocycles. The first-order valence-corrected chi connectivity index (χ1v) is 22.4. The van der Waals surface area contributed by atoms with Crippen molar-refractivity contribution in [1.29, 1.82) is 5.26 Å². The van der Waals surface area contributed by atoms with Crippen molar-refractivity contribution in [2.24, 2.45) is 29.6 Å². The summed E-state index contributed by atoms with van der Waals surface area (Å²) >= 11 is 6.16. The summed E-state index contributed by atoms with van der Waals surface area (Å²) in [7, 11) is 0. The molecule has 62 heavy (non-hydrogen) atoms. The predicted molar refractivity (Wildman–Crippen MR) is 225 cm³/mol. The summed E-state index contributed by atoms with van der Waals surface area (Å²) in [5.41, 5.74) is 1.24. The fourth-order valence-corrected chi connectivity index (χ4v) is 11.8. The Kier molecular flexibility index (Phi) is 11.0. The first-order valence-electron chi connectivity index (χ1n) is 22.0. The molecule has 6 unspecified atom stereocenters.